The molecule has 1 heterocycles. The molecule has 0 radical (unpaired) electrons. The number of nitrogens with zero attached hydrogens (tertiary/aromatic N) is 4. The first-order valence-electron chi connectivity index (χ1n) is 10.3. The Hall–Kier alpha value is -3.20. The molecule has 1 aromatic heterocycles. The Labute approximate surface area is 184 Å². The van der Waals surface area contributed by atoms with E-state index in [1.807, 2.05) is 31.2 Å². The van der Waals surface area contributed by atoms with Crippen molar-refractivity contribution in [3.05, 3.63) is 59.7 Å². The summed E-state index contributed by atoms with van der Waals surface area (Å²) in [7, 11) is 0. The summed E-state index contributed by atoms with van der Waals surface area (Å²) in [6.45, 7) is 2.01. The molecule has 0 unspecified atom stereocenters. The molecule has 0 saturated heterocycles. The molecule has 8 nitrogen and oxygen atoms in total. The second kappa shape index (κ2) is 9.74. The standard InChI is InChI=1S/C22H24N6O2S/c1-15-10-12-17(13-11-15)28-22(25-26-27-28)31-14-20(29)24-19-9-5-4-8-18(19)21(30)23-16-6-2-3-7-16/h4-5,8-13,16H,2-3,6-7,14H2,1H3,(H,23,30)(H,24,29). The molecule has 9 heteroatoms. The van der Waals surface area contributed by atoms with Gasteiger partial charge < -0.3 is 10.6 Å². The summed E-state index contributed by atoms with van der Waals surface area (Å²) in [5.41, 5.74) is 2.94. The molecule has 0 atom stereocenters. The van der Waals surface area contributed by atoms with Crippen molar-refractivity contribution in [1.82, 2.24) is 25.5 Å². The SMILES string of the molecule is Cc1ccc(-n2nnnc2SCC(=O)Nc2ccccc2C(=O)NC2CCCC2)cc1. The van der Waals surface area contributed by atoms with Crippen LogP contribution < -0.4 is 10.6 Å². The first-order valence-corrected chi connectivity index (χ1v) is 11.3. The third-order valence-electron chi connectivity index (χ3n) is 5.19. The maximum atomic E-state index is 12.7. The van der Waals surface area contributed by atoms with Crippen LogP contribution in [-0.2, 0) is 4.79 Å². The van der Waals surface area contributed by atoms with Crippen molar-refractivity contribution >= 4 is 29.3 Å². The van der Waals surface area contributed by atoms with Crippen LogP contribution >= 0.6 is 11.8 Å². The first-order chi connectivity index (χ1) is 15.1. The topological polar surface area (TPSA) is 102 Å². The molecule has 0 aliphatic heterocycles. The van der Waals surface area contributed by atoms with E-state index in [-0.39, 0.29) is 23.6 Å². The van der Waals surface area contributed by atoms with Crippen molar-refractivity contribution in [3.8, 4) is 5.69 Å². The molecule has 0 bridgehead atoms. The van der Waals surface area contributed by atoms with Gasteiger partial charge in [0, 0.05) is 6.04 Å². The molecule has 2 N–H and O–H groups in total. The van der Waals surface area contributed by atoms with E-state index in [0.717, 1.165) is 36.9 Å². The number of carbonyl (C=O) groups excluding carboxylic acids is 2. The average molecular weight is 437 g/mol. The molecule has 1 aliphatic carbocycles. The Morgan fingerprint density at radius 1 is 1.10 bits per heavy atom. The van der Waals surface area contributed by atoms with Crippen molar-refractivity contribution in [2.24, 2.45) is 0 Å². The van der Waals surface area contributed by atoms with E-state index in [9.17, 15) is 9.59 Å². The number of thioether (sulfide) groups is 1. The minimum Gasteiger partial charge on any atom is -0.349 e. The van der Waals surface area contributed by atoms with Gasteiger partial charge in [-0.15, -0.1) is 5.10 Å². The number of carbonyl (C=O) groups is 2. The smallest absolute Gasteiger partial charge is 0.253 e. The zero-order chi connectivity index (χ0) is 21.6. The van der Waals surface area contributed by atoms with Crippen molar-refractivity contribution in [1.29, 1.82) is 0 Å². The van der Waals surface area contributed by atoms with Gasteiger partial charge in [-0.3, -0.25) is 9.59 Å². The molecule has 0 spiro atoms. The highest BCUT2D eigenvalue weighted by molar-refractivity contribution is 7.99. The minimum absolute atomic E-state index is 0.116. The van der Waals surface area contributed by atoms with E-state index in [0.29, 0.717) is 16.4 Å². The van der Waals surface area contributed by atoms with Crippen LogP contribution in [0, 0.1) is 6.92 Å². The lowest BCUT2D eigenvalue weighted by Gasteiger charge is -2.15. The van der Waals surface area contributed by atoms with E-state index in [2.05, 4.69) is 26.2 Å². The highest BCUT2D eigenvalue weighted by atomic mass is 32.2. The quantitative estimate of drug-likeness (QED) is 0.551. The van der Waals surface area contributed by atoms with Crippen molar-refractivity contribution in [2.75, 3.05) is 11.1 Å². The molecule has 31 heavy (non-hydrogen) atoms. The van der Waals surface area contributed by atoms with Gasteiger partial charge in [-0.2, -0.15) is 4.68 Å². The molecule has 2 amide bonds. The van der Waals surface area contributed by atoms with E-state index in [1.165, 1.54) is 11.8 Å². The normalized spacial score (nSPS) is 13.8. The van der Waals surface area contributed by atoms with Crippen LogP contribution in [0.2, 0.25) is 0 Å². The zero-order valence-corrected chi connectivity index (χ0v) is 18.1. The van der Waals surface area contributed by atoms with Gasteiger partial charge in [0.1, 0.15) is 0 Å². The van der Waals surface area contributed by atoms with Crippen molar-refractivity contribution in [3.63, 3.8) is 0 Å². The van der Waals surface area contributed by atoms with Crippen LogP contribution in [0.25, 0.3) is 5.69 Å². The molecule has 3 aromatic rings. The predicted molar refractivity (Wildman–Crippen MR) is 119 cm³/mol. The number of tetrazole rings is 1. The molecule has 1 fully saturated rings. The monoisotopic (exact) mass is 436 g/mol. The summed E-state index contributed by atoms with van der Waals surface area (Å²) in [6, 6.07) is 15.1. The molecule has 1 aliphatic rings. The van der Waals surface area contributed by atoms with Gasteiger partial charge in [-0.05, 0) is 54.5 Å². The van der Waals surface area contributed by atoms with E-state index >= 15 is 0 Å². The van der Waals surface area contributed by atoms with Crippen LogP contribution in [0.1, 0.15) is 41.6 Å². The number of rotatable bonds is 7. The van der Waals surface area contributed by atoms with Crippen LogP contribution in [0.4, 0.5) is 5.69 Å². The summed E-state index contributed by atoms with van der Waals surface area (Å²) in [5, 5.41) is 18.2. The number of hydrogen-bond donors (Lipinski definition) is 2. The minimum atomic E-state index is -0.232. The number of anilines is 1. The summed E-state index contributed by atoms with van der Waals surface area (Å²) < 4.78 is 1.60. The molecule has 160 valence electrons. The largest absolute Gasteiger partial charge is 0.349 e. The number of para-hydroxylation sites is 1. The third kappa shape index (κ3) is 5.29. The Kier molecular flexibility index (Phi) is 6.61. The fourth-order valence-electron chi connectivity index (χ4n) is 3.56. The lowest BCUT2D eigenvalue weighted by Crippen LogP contribution is -2.33. The van der Waals surface area contributed by atoms with Gasteiger partial charge in [-0.25, -0.2) is 0 Å². The molecule has 1 saturated carbocycles. The van der Waals surface area contributed by atoms with Gasteiger partial charge in [0.05, 0.1) is 22.7 Å². The lowest BCUT2D eigenvalue weighted by molar-refractivity contribution is -0.113. The number of aryl methyl sites for hydroxylation is 1. The van der Waals surface area contributed by atoms with Crippen LogP contribution in [0.5, 0.6) is 0 Å². The Morgan fingerprint density at radius 2 is 1.84 bits per heavy atom. The summed E-state index contributed by atoms with van der Waals surface area (Å²) >= 11 is 1.23. The van der Waals surface area contributed by atoms with Gasteiger partial charge in [0.2, 0.25) is 11.1 Å². The van der Waals surface area contributed by atoms with Crippen LogP contribution in [0.3, 0.4) is 0 Å². The lowest BCUT2D eigenvalue weighted by atomic mass is 10.1. The maximum absolute atomic E-state index is 12.7. The van der Waals surface area contributed by atoms with E-state index in [4.69, 9.17) is 0 Å². The Bertz CT molecular complexity index is 1060. The molecule has 4 rings (SSSR count). The van der Waals surface area contributed by atoms with Gasteiger partial charge in [0.25, 0.3) is 5.91 Å². The highest BCUT2D eigenvalue weighted by Gasteiger charge is 2.20. The maximum Gasteiger partial charge on any atom is 0.253 e. The average Bonchev–Trinajstić information content (AvgIpc) is 3.45. The molecular formula is C22H24N6O2S. The van der Waals surface area contributed by atoms with Crippen LogP contribution in [-0.4, -0.2) is 43.8 Å². The van der Waals surface area contributed by atoms with Crippen molar-refractivity contribution < 1.29 is 9.59 Å². The zero-order valence-electron chi connectivity index (χ0n) is 17.2. The highest BCUT2D eigenvalue weighted by Crippen LogP contribution is 2.22. The van der Waals surface area contributed by atoms with Gasteiger partial charge in [-0.1, -0.05) is 54.4 Å². The number of hydrogen-bond acceptors (Lipinski definition) is 6. The molecule has 2 aromatic carbocycles. The van der Waals surface area contributed by atoms with Gasteiger partial charge in [0.15, 0.2) is 0 Å². The van der Waals surface area contributed by atoms with Gasteiger partial charge >= 0.3 is 0 Å². The number of nitrogens with one attached hydrogen (secondary N) is 2. The second-order valence-corrected chi connectivity index (χ2v) is 8.49. The predicted octanol–water partition coefficient (Wildman–Crippen LogP) is 3.37. The number of benzene rings is 2. The first kappa shape index (κ1) is 21.0. The number of aromatic nitrogens is 4. The van der Waals surface area contributed by atoms with E-state index < -0.39 is 0 Å². The fourth-order valence-corrected chi connectivity index (χ4v) is 4.25. The second-order valence-electron chi connectivity index (χ2n) is 7.55. The Morgan fingerprint density at radius 3 is 2.61 bits per heavy atom. The Balaban J connectivity index is 1.38. The van der Waals surface area contributed by atoms with Crippen molar-refractivity contribution in [2.45, 2.75) is 43.8 Å². The summed E-state index contributed by atoms with van der Waals surface area (Å²) in [5.74, 6) is -0.270. The third-order valence-corrected chi connectivity index (χ3v) is 6.11. The fraction of sp³-hybridized carbons (Fsp3) is 0.318. The van der Waals surface area contributed by atoms with E-state index in [1.54, 1.807) is 28.9 Å². The summed E-state index contributed by atoms with van der Waals surface area (Å²) in [4.78, 5) is 25.3. The van der Waals surface area contributed by atoms with Crippen LogP contribution in [0.15, 0.2) is 53.7 Å². The molecular weight excluding hydrogens is 412 g/mol. The number of amides is 2. The summed E-state index contributed by atoms with van der Waals surface area (Å²) in [6.07, 6.45) is 4.30.